The van der Waals surface area contributed by atoms with Gasteiger partial charge >= 0.3 is 0 Å². The number of fused-ring (bicyclic) bond motifs is 1. The van der Waals surface area contributed by atoms with Crippen LogP contribution >= 0.6 is 15.9 Å². The lowest BCUT2D eigenvalue weighted by Gasteiger charge is -2.35. The molecule has 1 aliphatic rings. The van der Waals surface area contributed by atoms with Crippen LogP contribution in [-0.2, 0) is 23.3 Å². The zero-order valence-electron chi connectivity index (χ0n) is 13.2. The lowest BCUT2D eigenvalue weighted by molar-refractivity contribution is -0.137. The summed E-state index contributed by atoms with van der Waals surface area (Å²) in [5.41, 5.74) is 6.30. The first-order chi connectivity index (χ1) is 11.3. The molecule has 6 heteroatoms. The van der Waals surface area contributed by atoms with Gasteiger partial charge in [-0.25, -0.2) is 8.78 Å². The molecule has 1 aliphatic heterocycles. The van der Waals surface area contributed by atoms with Crippen LogP contribution in [0.2, 0.25) is 0 Å². The zero-order valence-corrected chi connectivity index (χ0v) is 14.7. The molecular weight excluding hydrogens is 378 g/mol. The van der Waals surface area contributed by atoms with Crippen LogP contribution < -0.4 is 5.73 Å². The van der Waals surface area contributed by atoms with Crippen molar-refractivity contribution in [3.8, 4) is 0 Å². The molecule has 126 valence electrons. The van der Waals surface area contributed by atoms with Crippen LogP contribution in [-0.4, -0.2) is 17.4 Å². The van der Waals surface area contributed by atoms with E-state index in [0.29, 0.717) is 17.7 Å². The van der Waals surface area contributed by atoms with Gasteiger partial charge in [-0.1, -0.05) is 28.1 Å². The number of hydrogen-bond donors (Lipinski definition) is 1. The third kappa shape index (κ3) is 2.96. The molecule has 1 atom stereocenters. The van der Waals surface area contributed by atoms with Crippen LogP contribution in [0.4, 0.5) is 8.78 Å². The Morgan fingerprint density at radius 3 is 2.33 bits per heavy atom. The summed E-state index contributed by atoms with van der Waals surface area (Å²) in [6.07, 6.45) is 0.279. The van der Waals surface area contributed by atoms with Gasteiger partial charge in [-0.15, -0.1) is 0 Å². The number of halogens is 3. The number of nitrogens with zero attached hydrogens (tertiary/aromatic N) is 1. The van der Waals surface area contributed by atoms with Gasteiger partial charge in [0, 0.05) is 23.1 Å². The summed E-state index contributed by atoms with van der Waals surface area (Å²) in [7, 11) is 0. The van der Waals surface area contributed by atoms with Crippen LogP contribution in [0.3, 0.4) is 0 Å². The Morgan fingerprint density at radius 2 is 1.71 bits per heavy atom. The molecule has 0 aromatic heterocycles. The van der Waals surface area contributed by atoms with Gasteiger partial charge in [-0.3, -0.25) is 4.79 Å². The lowest BCUT2D eigenvalue weighted by atomic mass is 9.90. The van der Waals surface area contributed by atoms with E-state index in [2.05, 4.69) is 15.9 Å². The molecule has 0 radical (unpaired) electrons. The van der Waals surface area contributed by atoms with E-state index in [9.17, 15) is 13.6 Å². The van der Waals surface area contributed by atoms with Crippen LogP contribution in [0.5, 0.6) is 0 Å². The highest BCUT2D eigenvalue weighted by molar-refractivity contribution is 9.10. The van der Waals surface area contributed by atoms with Gasteiger partial charge in [0.25, 0.3) is 0 Å². The summed E-state index contributed by atoms with van der Waals surface area (Å²) in [5, 5.41) is 0. The van der Waals surface area contributed by atoms with Crippen LogP contribution in [0.15, 0.2) is 40.9 Å². The van der Waals surface area contributed by atoms with E-state index >= 15 is 0 Å². The van der Waals surface area contributed by atoms with Gasteiger partial charge in [0.05, 0.1) is 0 Å². The van der Waals surface area contributed by atoms with E-state index in [1.54, 1.807) is 19.1 Å². The Labute approximate surface area is 147 Å². The minimum Gasteiger partial charge on any atom is -0.336 e. The Bertz CT molecular complexity index is 790. The van der Waals surface area contributed by atoms with Crippen LogP contribution in [0, 0.1) is 11.6 Å². The average molecular weight is 395 g/mol. The van der Waals surface area contributed by atoms with E-state index in [1.165, 1.54) is 4.90 Å². The Kier molecular flexibility index (Phi) is 4.44. The van der Waals surface area contributed by atoms with E-state index in [4.69, 9.17) is 5.73 Å². The maximum absolute atomic E-state index is 14.0. The van der Waals surface area contributed by atoms with E-state index in [-0.39, 0.29) is 24.4 Å². The highest BCUT2D eigenvalue weighted by Gasteiger charge is 2.36. The highest BCUT2D eigenvalue weighted by atomic mass is 79.9. The standard InChI is InChI=1S/C18H17BrF2N2O/c1-18(22,11-2-4-12(19)5-3-11)17(24)23-9-8-13-14(10-23)16(21)7-6-15(13)20/h2-7H,8-10,22H2,1H3. The average Bonchev–Trinajstić information content (AvgIpc) is 2.57. The smallest absolute Gasteiger partial charge is 0.247 e. The van der Waals surface area contributed by atoms with Crippen molar-refractivity contribution in [3.63, 3.8) is 0 Å². The first-order valence-electron chi connectivity index (χ1n) is 7.60. The van der Waals surface area contributed by atoms with Crippen molar-refractivity contribution in [1.82, 2.24) is 4.90 Å². The quantitative estimate of drug-likeness (QED) is 0.847. The van der Waals surface area contributed by atoms with Crippen molar-refractivity contribution in [3.05, 3.63) is 69.2 Å². The maximum Gasteiger partial charge on any atom is 0.247 e. The minimum atomic E-state index is -1.23. The second-order valence-electron chi connectivity index (χ2n) is 6.17. The fourth-order valence-electron chi connectivity index (χ4n) is 3.02. The van der Waals surface area contributed by atoms with Gasteiger partial charge in [0.2, 0.25) is 5.91 Å². The molecule has 0 saturated carbocycles. The summed E-state index contributed by atoms with van der Waals surface area (Å²) in [4.78, 5) is 14.4. The molecule has 0 aliphatic carbocycles. The monoisotopic (exact) mass is 394 g/mol. The van der Waals surface area contributed by atoms with E-state index < -0.39 is 17.2 Å². The maximum atomic E-state index is 14.0. The Morgan fingerprint density at radius 1 is 1.12 bits per heavy atom. The third-order valence-electron chi connectivity index (χ3n) is 4.47. The molecule has 0 bridgehead atoms. The van der Waals surface area contributed by atoms with Gasteiger partial charge < -0.3 is 10.6 Å². The first-order valence-corrected chi connectivity index (χ1v) is 8.40. The number of benzene rings is 2. The van der Waals surface area contributed by atoms with Crippen molar-refractivity contribution in [2.24, 2.45) is 5.73 Å². The van der Waals surface area contributed by atoms with Crippen molar-refractivity contribution in [2.75, 3.05) is 6.54 Å². The molecule has 0 fully saturated rings. The van der Waals surface area contributed by atoms with Crippen molar-refractivity contribution < 1.29 is 13.6 Å². The normalized spacial score (nSPS) is 16.5. The number of carbonyl (C=O) groups excluding carboxylic acids is 1. The summed E-state index contributed by atoms with van der Waals surface area (Å²) >= 11 is 3.35. The molecule has 24 heavy (non-hydrogen) atoms. The van der Waals surface area contributed by atoms with Crippen LogP contribution in [0.1, 0.15) is 23.6 Å². The van der Waals surface area contributed by atoms with Crippen LogP contribution in [0.25, 0.3) is 0 Å². The second-order valence-corrected chi connectivity index (χ2v) is 7.09. The molecule has 3 nitrogen and oxygen atoms in total. The molecule has 2 aromatic carbocycles. The second kappa shape index (κ2) is 6.26. The van der Waals surface area contributed by atoms with E-state index in [0.717, 1.165) is 16.6 Å². The van der Waals surface area contributed by atoms with Crippen molar-refractivity contribution in [2.45, 2.75) is 25.4 Å². The molecule has 2 N–H and O–H groups in total. The molecule has 1 unspecified atom stereocenters. The molecule has 0 saturated heterocycles. The van der Waals surface area contributed by atoms with Gasteiger partial charge in [0.1, 0.15) is 17.2 Å². The van der Waals surface area contributed by atoms with E-state index in [1.807, 2.05) is 12.1 Å². The summed E-state index contributed by atoms with van der Waals surface area (Å²) in [6, 6.07) is 9.40. The van der Waals surface area contributed by atoms with Gasteiger partial charge in [-0.05, 0) is 48.7 Å². The topological polar surface area (TPSA) is 46.3 Å². The Hall–Kier alpha value is -1.79. The highest BCUT2D eigenvalue weighted by Crippen LogP contribution is 2.28. The summed E-state index contributed by atoms with van der Waals surface area (Å²) in [6.45, 7) is 1.98. The zero-order chi connectivity index (χ0) is 17.5. The predicted molar refractivity (Wildman–Crippen MR) is 91.2 cm³/mol. The largest absolute Gasteiger partial charge is 0.336 e. The number of amides is 1. The molecule has 0 spiro atoms. The van der Waals surface area contributed by atoms with Gasteiger partial charge in [0.15, 0.2) is 0 Å². The first kappa shape index (κ1) is 17.0. The molecule has 1 amide bonds. The summed E-state index contributed by atoms with van der Waals surface area (Å²) < 4.78 is 28.7. The predicted octanol–water partition coefficient (Wildman–Crippen LogP) is 3.49. The number of hydrogen-bond acceptors (Lipinski definition) is 2. The minimum absolute atomic E-state index is 0.0288. The molecular formula is C18H17BrF2N2O. The molecule has 2 aromatic rings. The summed E-state index contributed by atoms with van der Waals surface area (Å²) in [5.74, 6) is -1.23. The number of nitrogens with two attached hydrogens (primary N) is 1. The number of carbonyl (C=O) groups is 1. The lowest BCUT2D eigenvalue weighted by Crippen LogP contribution is -2.52. The Balaban J connectivity index is 1.88. The SMILES string of the molecule is CC(N)(C(=O)N1CCc2c(F)ccc(F)c2C1)c1ccc(Br)cc1. The number of rotatable bonds is 2. The molecule has 1 heterocycles. The van der Waals surface area contributed by atoms with Crippen molar-refractivity contribution >= 4 is 21.8 Å². The molecule has 3 rings (SSSR count). The fourth-order valence-corrected chi connectivity index (χ4v) is 3.28. The third-order valence-corrected chi connectivity index (χ3v) is 5.00. The fraction of sp³-hybridized carbons (Fsp3) is 0.278. The van der Waals surface area contributed by atoms with Crippen molar-refractivity contribution in [1.29, 1.82) is 0 Å². The van der Waals surface area contributed by atoms with Gasteiger partial charge in [-0.2, -0.15) is 0 Å².